The van der Waals surface area contributed by atoms with Gasteiger partial charge in [-0.05, 0) is 46.2 Å². The topological polar surface area (TPSA) is 52.6 Å². The minimum Gasteiger partial charge on any atom is -0.457 e. The highest BCUT2D eigenvalue weighted by Crippen LogP contribution is 2.42. The van der Waals surface area contributed by atoms with Gasteiger partial charge in [0, 0.05) is 0 Å². The molecule has 1 aliphatic rings. The van der Waals surface area contributed by atoms with Crippen LogP contribution in [0.15, 0.2) is 0 Å². The minimum atomic E-state index is -0.758. The molecule has 21 heavy (non-hydrogen) atoms. The molecule has 0 aromatic carbocycles. The van der Waals surface area contributed by atoms with E-state index in [-0.39, 0.29) is 17.4 Å². The molecular weight excluding hydrogens is 287 g/mol. The second kappa shape index (κ2) is 5.87. The first-order valence-corrected chi connectivity index (χ1v) is 8.95. The minimum absolute atomic E-state index is 0.0416. The highest BCUT2D eigenvalue weighted by atomic mass is 31.1. The average Bonchev–Trinajstić information content (AvgIpc) is 2.49. The summed E-state index contributed by atoms with van der Waals surface area (Å²) < 4.78 is 11.0. The monoisotopic (exact) mass is 316 g/mol. The van der Waals surface area contributed by atoms with Gasteiger partial charge in [0.15, 0.2) is 6.10 Å². The van der Waals surface area contributed by atoms with Gasteiger partial charge < -0.3 is 9.47 Å². The third kappa shape index (κ3) is 4.18. The van der Waals surface area contributed by atoms with Gasteiger partial charge >= 0.3 is 11.9 Å². The number of hydrogen-bond acceptors (Lipinski definition) is 4. The number of carbonyl (C=O) groups is 2. The number of esters is 2. The van der Waals surface area contributed by atoms with Crippen LogP contribution >= 0.6 is 8.58 Å². The maximum atomic E-state index is 12.7. The van der Waals surface area contributed by atoms with Crippen molar-refractivity contribution < 1.29 is 19.1 Å². The van der Waals surface area contributed by atoms with Crippen molar-refractivity contribution in [2.45, 2.75) is 71.7 Å². The molecule has 1 fully saturated rings. The van der Waals surface area contributed by atoms with Gasteiger partial charge in [-0.15, -0.1) is 8.58 Å². The maximum absolute atomic E-state index is 12.7. The van der Waals surface area contributed by atoms with E-state index in [9.17, 15) is 9.59 Å². The van der Waals surface area contributed by atoms with E-state index in [4.69, 9.17) is 9.47 Å². The molecule has 0 N–H and O–H groups in total. The Labute approximate surface area is 130 Å². The highest BCUT2D eigenvalue weighted by Gasteiger charge is 2.52. The van der Waals surface area contributed by atoms with Gasteiger partial charge in [0.25, 0.3) is 0 Å². The molecule has 1 aliphatic heterocycles. The second-order valence-electron chi connectivity index (χ2n) is 7.96. The highest BCUT2D eigenvalue weighted by molar-refractivity contribution is 7.40. The van der Waals surface area contributed by atoms with Crippen LogP contribution in [-0.2, 0) is 19.1 Å². The molecule has 0 aromatic heterocycles. The van der Waals surface area contributed by atoms with Crippen molar-refractivity contribution in [3.63, 3.8) is 0 Å². The van der Waals surface area contributed by atoms with E-state index >= 15 is 0 Å². The third-order valence-corrected chi connectivity index (χ3v) is 5.48. The molecule has 4 nitrogen and oxygen atoms in total. The van der Waals surface area contributed by atoms with E-state index in [2.05, 4.69) is 20.8 Å². The van der Waals surface area contributed by atoms with E-state index in [1.807, 2.05) is 13.6 Å². The summed E-state index contributed by atoms with van der Waals surface area (Å²) in [5, 5.41) is -0.514. The first-order valence-electron chi connectivity index (χ1n) is 7.45. The van der Waals surface area contributed by atoms with Crippen molar-refractivity contribution >= 4 is 20.5 Å². The molecule has 0 amide bonds. The Bertz CT molecular complexity index is 424. The molecule has 0 bridgehead atoms. The number of hydrogen-bond donors (Lipinski definition) is 0. The van der Waals surface area contributed by atoms with Gasteiger partial charge in [-0.1, -0.05) is 20.8 Å². The van der Waals surface area contributed by atoms with Crippen molar-refractivity contribution in [1.29, 1.82) is 0 Å². The normalized spacial score (nSPS) is 28.5. The first-order chi connectivity index (χ1) is 9.32. The number of rotatable bonds is 4. The summed E-state index contributed by atoms with van der Waals surface area (Å²) in [4.78, 5) is 24.4. The second-order valence-corrected chi connectivity index (χ2v) is 9.56. The Hall–Kier alpha value is -0.630. The fraction of sp³-hybridized carbons (Fsp3) is 0.875. The van der Waals surface area contributed by atoms with Crippen LogP contribution in [-0.4, -0.2) is 35.5 Å². The lowest BCUT2D eigenvalue weighted by Crippen LogP contribution is -2.44. The Balaban J connectivity index is 2.90. The van der Waals surface area contributed by atoms with Gasteiger partial charge in [-0.2, -0.15) is 0 Å². The van der Waals surface area contributed by atoms with Crippen molar-refractivity contribution in [2.75, 3.05) is 6.66 Å². The van der Waals surface area contributed by atoms with E-state index in [1.54, 1.807) is 20.8 Å². The quantitative estimate of drug-likeness (QED) is 0.589. The van der Waals surface area contributed by atoms with Gasteiger partial charge in [-0.25, -0.2) is 0 Å². The summed E-state index contributed by atoms with van der Waals surface area (Å²) in [6.07, 6.45) is 0.234. The summed E-state index contributed by atoms with van der Waals surface area (Å²) in [6, 6.07) is 0. The molecule has 0 saturated carbocycles. The molecule has 4 unspecified atom stereocenters. The zero-order chi connectivity index (χ0) is 16.6. The lowest BCUT2D eigenvalue weighted by atomic mass is 9.84. The Morgan fingerprint density at radius 3 is 2.19 bits per heavy atom. The van der Waals surface area contributed by atoms with Crippen LogP contribution in [0.3, 0.4) is 0 Å². The van der Waals surface area contributed by atoms with E-state index < -0.39 is 22.8 Å². The van der Waals surface area contributed by atoms with E-state index in [1.165, 1.54) is 0 Å². The molecule has 1 saturated heterocycles. The van der Waals surface area contributed by atoms with E-state index in [0.717, 1.165) is 6.42 Å². The van der Waals surface area contributed by atoms with Gasteiger partial charge in [0.2, 0.25) is 0 Å². The van der Waals surface area contributed by atoms with Crippen LogP contribution in [0.5, 0.6) is 0 Å². The van der Waals surface area contributed by atoms with Gasteiger partial charge in [-0.3, -0.25) is 9.59 Å². The van der Waals surface area contributed by atoms with Crippen LogP contribution in [0.1, 0.15) is 54.9 Å². The number of cyclic esters (lactones) is 1. The Kier molecular flexibility index (Phi) is 5.15. The summed E-state index contributed by atoms with van der Waals surface area (Å²) >= 11 is 0. The lowest BCUT2D eigenvalue weighted by molar-refractivity contribution is -0.163. The molecule has 122 valence electrons. The van der Waals surface area contributed by atoms with Crippen molar-refractivity contribution in [1.82, 2.24) is 0 Å². The average molecular weight is 316 g/mol. The summed E-state index contributed by atoms with van der Waals surface area (Å²) in [7, 11) is 0.446. The molecule has 1 heterocycles. The fourth-order valence-corrected chi connectivity index (χ4v) is 3.92. The van der Waals surface area contributed by atoms with Crippen molar-refractivity contribution in [3.8, 4) is 0 Å². The van der Waals surface area contributed by atoms with Crippen LogP contribution in [0.4, 0.5) is 0 Å². The molecule has 0 aliphatic carbocycles. The van der Waals surface area contributed by atoms with Gasteiger partial charge in [0.05, 0.1) is 11.1 Å². The predicted octanol–water partition coefficient (Wildman–Crippen LogP) is 3.37. The van der Waals surface area contributed by atoms with Crippen LogP contribution in [0.25, 0.3) is 0 Å². The summed E-state index contributed by atoms with van der Waals surface area (Å²) in [6.45, 7) is 15.7. The van der Waals surface area contributed by atoms with Crippen molar-refractivity contribution in [3.05, 3.63) is 0 Å². The maximum Gasteiger partial charge on any atom is 0.316 e. The number of ether oxygens (including phenoxy) is 2. The molecule has 0 aromatic rings. The Morgan fingerprint density at radius 2 is 1.86 bits per heavy atom. The van der Waals surface area contributed by atoms with Crippen LogP contribution < -0.4 is 0 Å². The zero-order valence-electron chi connectivity index (χ0n) is 14.5. The molecule has 0 spiro atoms. The molecule has 1 rings (SSSR count). The molecule has 5 heteroatoms. The fourth-order valence-electron chi connectivity index (χ4n) is 2.95. The smallest absolute Gasteiger partial charge is 0.316 e. The standard InChI is InChI=1S/C16H29O4P/c1-10-11(15(5,6)20-12(10)17)19-13(18)16(7,21-8)9-14(2,3)4/h10-11,21H,9H2,1-8H3. The summed E-state index contributed by atoms with van der Waals surface area (Å²) in [5.41, 5.74) is -0.717. The molecular formula is C16H29O4P. The van der Waals surface area contributed by atoms with Crippen LogP contribution in [0, 0.1) is 11.3 Å². The summed E-state index contributed by atoms with van der Waals surface area (Å²) in [5.74, 6) is -0.932. The predicted molar refractivity (Wildman–Crippen MR) is 85.9 cm³/mol. The zero-order valence-corrected chi connectivity index (χ0v) is 15.5. The molecule has 0 radical (unpaired) electrons. The number of carbonyl (C=O) groups excluding carboxylic acids is 2. The largest absolute Gasteiger partial charge is 0.457 e. The van der Waals surface area contributed by atoms with E-state index in [0.29, 0.717) is 8.58 Å². The third-order valence-electron chi connectivity index (χ3n) is 3.99. The van der Waals surface area contributed by atoms with Crippen molar-refractivity contribution in [2.24, 2.45) is 11.3 Å². The molecule has 4 atom stereocenters. The van der Waals surface area contributed by atoms with Gasteiger partial charge in [0.1, 0.15) is 5.60 Å². The van der Waals surface area contributed by atoms with Crippen LogP contribution in [0.2, 0.25) is 0 Å². The SMILES string of the molecule is CPC(C)(CC(C)(C)C)C(=O)OC1C(C)C(=O)OC1(C)C. The lowest BCUT2D eigenvalue weighted by Gasteiger charge is -2.35. The Morgan fingerprint density at radius 1 is 1.33 bits per heavy atom. The first kappa shape index (κ1) is 18.4.